The van der Waals surface area contributed by atoms with Crippen molar-refractivity contribution in [3.8, 4) is 0 Å². The van der Waals surface area contributed by atoms with E-state index in [1.165, 1.54) is 31.2 Å². The summed E-state index contributed by atoms with van der Waals surface area (Å²) in [6.07, 6.45) is 6.26. The van der Waals surface area contributed by atoms with Crippen LogP contribution < -0.4 is 5.73 Å². The summed E-state index contributed by atoms with van der Waals surface area (Å²) < 4.78 is 0. The molecule has 1 fully saturated rings. The van der Waals surface area contributed by atoms with Crippen LogP contribution >= 0.6 is 11.8 Å². The van der Waals surface area contributed by atoms with E-state index in [1.54, 1.807) is 11.8 Å². The van der Waals surface area contributed by atoms with Crippen molar-refractivity contribution < 1.29 is 0 Å². The maximum absolute atomic E-state index is 6.31. The molecule has 0 radical (unpaired) electrons. The van der Waals surface area contributed by atoms with E-state index in [4.69, 9.17) is 5.73 Å². The lowest BCUT2D eigenvalue weighted by Gasteiger charge is -2.33. The molecule has 1 aromatic heterocycles. The molecule has 0 spiro atoms. The zero-order valence-corrected chi connectivity index (χ0v) is 14.0. The Morgan fingerprint density at radius 3 is 2.40 bits per heavy atom. The Labute approximate surface area is 127 Å². The van der Waals surface area contributed by atoms with Crippen LogP contribution in [0, 0.1) is 26.7 Å². The van der Waals surface area contributed by atoms with E-state index < -0.39 is 0 Å². The third-order valence-electron chi connectivity index (χ3n) is 4.52. The van der Waals surface area contributed by atoms with Crippen molar-refractivity contribution in [1.29, 1.82) is 0 Å². The molecule has 20 heavy (non-hydrogen) atoms. The second-order valence-electron chi connectivity index (χ2n) is 6.09. The molecule has 1 aromatic rings. The van der Waals surface area contributed by atoms with E-state index in [2.05, 4.69) is 37.7 Å². The van der Waals surface area contributed by atoms with Gasteiger partial charge in [-0.05, 0) is 51.5 Å². The van der Waals surface area contributed by atoms with Crippen LogP contribution in [-0.2, 0) is 0 Å². The zero-order valence-electron chi connectivity index (χ0n) is 13.1. The summed E-state index contributed by atoms with van der Waals surface area (Å²) in [6, 6.07) is 0.290. The fourth-order valence-corrected chi connectivity index (χ4v) is 4.30. The van der Waals surface area contributed by atoms with Gasteiger partial charge in [0, 0.05) is 22.7 Å². The molecule has 2 rings (SSSR count). The van der Waals surface area contributed by atoms with Gasteiger partial charge in [-0.1, -0.05) is 31.5 Å². The lowest BCUT2D eigenvalue weighted by Crippen LogP contribution is -2.38. The van der Waals surface area contributed by atoms with Crippen LogP contribution in [0.3, 0.4) is 0 Å². The standard InChI is InChI=1S/C16H27N3S/c1-5-6-13-7-8-14(17)15(9-13)20-16-18-11(3)10(2)12(4)19-16/h13-15H,5-9,17H2,1-4H3. The van der Waals surface area contributed by atoms with E-state index >= 15 is 0 Å². The van der Waals surface area contributed by atoms with Crippen molar-refractivity contribution in [3.05, 3.63) is 17.0 Å². The molecule has 3 unspecified atom stereocenters. The first-order valence-corrected chi connectivity index (χ1v) is 8.63. The minimum atomic E-state index is 0.290. The average Bonchev–Trinajstić information content (AvgIpc) is 2.40. The maximum atomic E-state index is 6.31. The van der Waals surface area contributed by atoms with Crippen LogP contribution in [0.2, 0.25) is 0 Å². The molecule has 1 aliphatic carbocycles. The fraction of sp³-hybridized carbons (Fsp3) is 0.750. The number of rotatable bonds is 4. The molecular formula is C16H27N3S. The number of nitrogens with zero attached hydrogens (tertiary/aromatic N) is 2. The third-order valence-corrected chi connectivity index (χ3v) is 5.76. The van der Waals surface area contributed by atoms with E-state index in [1.807, 2.05) is 0 Å². The summed E-state index contributed by atoms with van der Waals surface area (Å²) in [5, 5.41) is 1.38. The maximum Gasteiger partial charge on any atom is 0.188 e. The van der Waals surface area contributed by atoms with Crippen LogP contribution in [0.25, 0.3) is 0 Å². The lowest BCUT2D eigenvalue weighted by molar-refractivity contribution is 0.316. The Hall–Kier alpha value is -0.610. The second kappa shape index (κ2) is 6.90. The van der Waals surface area contributed by atoms with Crippen molar-refractivity contribution in [2.24, 2.45) is 11.7 Å². The summed E-state index contributed by atoms with van der Waals surface area (Å²) in [5.74, 6) is 0.838. The Balaban J connectivity index is 2.07. The smallest absolute Gasteiger partial charge is 0.188 e. The van der Waals surface area contributed by atoms with Gasteiger partial charge in [-0.2, -0.15) is 0 Å². The minimum Gasteiger partial charge on any atom is -0.327 e. The van der Waals surface area contributed by atoms with Crippen molar-refractivity contribution in [1.82, 2.24) is 9.97 Å². The van der Waals surface area contributed by atoms with Crippen LogP contribution in [0.5, 0.6) is 0 Å². The molecule has 0 bridgehead atoms. The van der Waals surface area contributed by atoms with Gasteiger partial charge in [0.05, 0.1) is 0 Å². The van der Waals surface area contributed by atoms with Gasteiger partial charge in [-0.15, -0.1) is 0 Å². The Morgan fingerprint density at radius 2 is 1.80 bits per heavy atom. The highest BCUT2D eigenvalue weighted by Crippen LogP contribution is 2.36. The van der Waals surface area contributed by atoms with Gasteiger partial charge < -0.3 is 5.73 Å². The Kier molecular flexibility index (Phi) is 5.44. The van der Waals surface area contributed by atoms with Gasteiger partial charge in [0.15, 0.2) is 5.16 Å². The van der Waals surface area contributed by atoms with Crippen molar-refractivity contribution >= 4 is 11.8 Å². The molecule has 0 saturated heterocycles. The molecule has 0 aliphatic heterocycles. The monoisotopic (exact) mass is 293 g/mol. The first-order chi connectivity index (χ1) is 9.51. The van der Waals surface area contributed by atoms with Gasteiger partial charge in [-0.3, -0.25) is 0 Å². The highest BCUT2D eigenvalue weighted by atomic mass is 32.2. The molecule has 112 valence electrons. The zero-order chi connectivity index (χ0) is 14.7. The fourth-order valence-electron chi connectivity index (χ4n) is 2.97. The van der Waals surface area contributed by atoms with Gasteiger partial charge >= 0.3 is 0 Å². The molecule has 1 saturated carbocycles. The molecule has 0 amide bonds. The van der Waals surface area contributed by atoms with E-state index in [0.717, 1.165) is 28.9 Å². The van der Waals surface area contributed by atoms with Crippen molar-refractivity contribution in [3.63, 3.8) is 0 Å². The lowest BCUT2D eigenvalue weighted by atomic mass is 9.83. The summed E-state index contributed by atoms with van der Waals surface area (Å²) in [4.78, 5) is 9.26. The minimum absolute atomic E-state index is 0.290. The predicted octanol–water partition coefficient (Wildman–Crippen LogP) is 3.79. The summed E-state index contributed by atoms with van der Waals surface area (Å²) in [7, 11) is 0. The second-order valence-corrected chi connectivity index (χ2v) is 7.30. The van der Waals surface area contributed by atoms with Gasteiger partial charge in [0.25, 0.3) is 0 Å². The van der Waals surface area contributed by atoms with E-state index in [-0.39, 0.29) is 0 Å². The van der Waals surface area contributed by atoms with Crippen LogP contribution in [-0.4, -0.2) is 21.3 Å². The van der Waals surface area contributed by atoms with E-state index in [9.17, 15) is 0 Å². The number of hydrogen-bond donors (Lipinski definition) is 1. The SMILES string of the molecule is CCCC1CCC(N)C(Sc2nc(C)c(C)c(C)n2)C1. The molecular weight excluding hydrogens is 266 g/mol. The quantitative estimate of drug-likeness (QED) is 0.858. The molecule has 1 aliphatic rings. The van der Waals surface area contributed by atoms with Crippen molar-refractivity contribution in [2.75, 3.05) is 0 Å². The van der Waals surface area contributed by atoms with E-state index in [0.29, 0.717) is 11.3 Å². The molecule has 4 heteroatoms. The number of hydrogen-bond acceptors (Lipinski definition) is 4. The Morgan fingerprint density at radius 1 is 1.15 bits per heavy atom. The number of nitrogens with two attached hydrogens (primary N) is 1. The van der Waals surface area contributed by atoms with Crippen molar-refractivity contribution in [2.45, 2.75) is 76.2 Å². The van der Waals surface area contributed by atoms with Crippen LogP contribution in [0.4, 0.5) is 0 Å². The molecule has 2 N–H and O–H groups in total. The summed E-state index contributed by atoms with van der Waals surface area (Å²) in [5.41, 5.74) is 9.70. The Bertz CT molecular complexity index is 438. The third kappa shape index (κ3) is 3.73. The van der Waals surface area contributed by atoms with Crippen LogP contribution in [0.15, 0.2) is 5.16 Å². The summed E-state index contributed by atoms with van der Waals surface area (Å²) >= 11 is 1.79. The molecule has 3 nitrogen and oxygen atoms in total. The number of aryl methyl sites for hydroxylation is 2. The summed E-state index contributed by atoms with van der Waals surface area (Å²) in [6.45, 7) is 8.48. The van der Waals surface area contributed by atoms with Gasteiger partial charge in [0.2, 0.25) is 0 Å². The first-order valence-electron chi connectivity index (χ1n) is 7.75. The van der Waals surface area contributed by atoms with Gasteiger partial charge in [-0.25, -0.2) is 9.97 Å². The molecule has 3 atom stereocenters. The number of thioether (sulfide) groups is 1. The predicted molar refractivity (Wildman–Crippen MR) is 86.1 cm³/mol. The number of aromatic nitrogens is 2. The molecule has 0 aromatic carbocycles. The first kappa shape index (κ1) is 15.8. The average molecular weight is 293 g/mol. The highest BCUT2D eigenvalue weighted by Gasteiger charge is 2.29. The van der Waals surface area contributed by atoms with Crippen LogP contribution in [0.1, 0.15) is 56.0 Å². The normalized spacial score (nSPS) is 26.8. The largest absolute Gasteiger partial charge is 0.327 e. The highest BCUT2D eigenvalue weighted by molar-refractivity contribution is 7.99. The molecule has 1 heterocycles. The topological polar surface area (TPSA) is 51.8 Å². The van der Waals surface area contributed by atoms with Gasteiger partial charge in [0.1, 0.15) is 0 Å².